The van der Waals surface area contributed by atoms with Gasteiger partial charge in [-0.3, -0.25) is 0 Å². The van der Waals surface area contributed by atoms with E-state index in [4.69, 9.17) is 9.05 Å². The number of aromatic nitrogens is 4. The Hall–Kier alpha value is -3.33. The van der Waals surface area contributed by atoms with Gasteiger partial charge in [-0.05, 0) is 6.42 Å². The van der Waals surface area contributed by atoms with Crippen LogP contribution in [0.2, 0.25) is 0 Å². The van der Waals surface area contributed by atoms with Crippen molar-refractivity contribution in [2.75, 3.05) is 5.75 Å². The molecule has 0 bridgehead atoms. The number of nitrogens with zero attached hydrogens (tertiary/aromatic N) is 4. The zero-order valence-corrected chi connectivity index (χ0v) is 16.2. The molecule has 8 nitrogen and oxygen atoms in total. The SMILES string of the molecule is O=S(=O)(CCCc1nc(-c2ccccc2)no1)Cc1nc(-c2ccccc2)no1. The first kappa shape index (κ1) is 19.0. The van der Waals surface area contributed by atoms with Crippen molar-refractivity contribution in [2.45, 2.75) is 18.6 Å². The van der Waals surface area contributed by atoms with Crippen molar-refractivity contribution in [3.8, 4) is 22.8 Å². The van der Waals surface area contributed by atoms with E-state index in [-0.39, 0.29) is 17.4 Å². The molecule has 148 valence electrons. The molecule has 2 aromatic carbocycles. The second kappa shape index (κ2) is 8.36. The van der Waals surface area contributed by atoms with E-state index < -0.39 is 9.84 Å². The zero-order valence-electron chi connectivity index (χ0n) is 15.4. The summed E-state index contributed by atoms with van der Waals surface area (Å²) in [6.45, 7) is 0. The average molecular weight is 410 g/mol. The number of hydrogen-bond donors (Lipinski definition) is 0. The lowest BCUT2D eigenvalue weighted by atomic mass is 10.2. The van der Waals surface area contributed by atoms with E-state index in [0.29, 0.717) is 30.4 Å². The Kier molecular flexibility index (Phi) is 5.48. The quantitative estimate of drug-likeness (QED) is 0.435. The summed E-state index contributed by atoms with van der Waals surface area (Å²) in [5, 5.41) is 7.78. The van der Waals surface area contributed by atoms with Gasteiger partial charge >= 0.3 is 0 Å². The Morgan fingerprint density at radius 1 is 0.724 bits per heavy atom. The van der Waals surface area contributed by atoms with Crippen molar-refractivity contribution >= 4 is 9.84 Å². The van der Waals surface area contributed by atoms with Crippen LogP contribution < -0.4 is 0 Å². The van der Waals surface area contributed by atoms with Crippen LogP contribution in [0.15, 0.2) is 69.7 Å². The lowest BCUT2D eigenvalue weighted by molar-refractivity contribution is 0.377. The van der Waals surface area contributed by atoms with E-state index in [0.717, 1.165) is 11.1 Å². The first-order chi connectivity index (χ1) is 14.1. The minimum Gasteiger partial charge on any atom is -0.339 e. The molecular formula is C20H18N4O4S. The average Bonchev–Trinajstić information content (AvgIpc) is 3.39. The highest BCUT2D eigenvalue weighted by Crippen LogP contribution is 2.17. The molecular weight excluding hydrogens is 392 g/mol. The Balaban J connectivity index is 1.32. The highest BCUT2D eigenvalue weighted by molar-refractivity contribution is 7.90. The predicted octanol–water partition coefficient (Wildman–Crippen LogP) is 3.33. The molecule has 4 rings (SSSR count). The molecule has 0 atom stereocenters. The number of hydrogen-bond acceptors (Lipinski definition) is 8. The molecule has 0 radical (unpaired) electrons. The first-order valence-electron chi connectivity index (χ1n) is 9.05. The Morgan fingerprint density at radius 2 is 1.24 bits per heavy atom. The largest absolute Gasteiger partial charge is 0.339 e. The van der Waals surface area contributed by atoms with Crippen LogP contribution in [0.3, 0.4) is 0 Å². The second-order valence-electron chi connectivity index (χ2n) is 6.45. The van der Waals surface area contributed by atoms with Crippen LogP contribution in [0.4, 0.5) is 0 Å². The van der Waals surface area contributed by atoms with Crippen LogP contribution in [-0.4, -0.2) is 34.5 Å². The molecule has 0 amide bonds. The van der Waals surface area contributed by atoms with E-state index in [2.05, 4.69) is 20.3 Å². The Morgan fingerprint density at radius 3 is 1.83 bits per heavy atom. The normalized spacial score (nSPS) is 11.6. The third-order valence-electron chi connectivity index (χ3n) is 4.19. The fraction of sp³-hybridized carbons (Fsp3) is 0.200. The summed E-state index contributed by atoms with van der Waals surface area (Å²) in [5.41, 5.74) is 1.62. The number of aryl methyl sites for hydroxylation is 1. The van der Waals surface area contributed by atoms with Crippen molar-refractivity contribution < 1.29 is 17.5 Å². The smallest absolute Gasteiger partial charge is 0.242 e. The molecule has 0 aliphatic rings. The van der Waals surface area contributed by atoms with Gasteiger partial charge in [0.25, 0.3) is 0 Å². The van der Waals surface area contributed by atoms with Gasteiger partial charge in [0, 0.05) is 17.5 Å². The maximum absolute atomic E-state index is 12.4. The van der Waals surface area contributed by atoms with Gasteiger partial charge in [-0.25, -0.2) is 8.42 Å². The maximum atomic E-state index is 12.4. The highest BCUT2D eigenvalue weighted by Gasteiger charge is 2.18. The van der Waals surface area contributed by atoms with E-state index >= 15 is 0 Å². The predicted molar refractivity (Wildman–Crippen MR) is 105 cm³/mol. The van der Waals surface area contributed by atoms with Gasteiger partial charge in [0.15, 0.2) is 9.84 Å². The van der Waals surface area contributed by atoms with Crippen LogP contribution in [0, 0.1) is 0 Å². The zero-order chi connectivity index (χ0) is 20.1. The topological polar surface area (TPSA) is 112 Å². The van der Waals surface area contributed by atoms with Gasteiger partial charge in [0.05, 0.1) is 5.75 Å². The molecule has 4 aromatic rings. The molecule has 0 aliphatic heterocycles. The summed E-state index contributed by atoms with van der Waals surface area (Å²) in [7, 11) is -3.41. The van der Waals surface area contributed by atoms with Gasteiger partial charge in [-0.1, -0.05) is 71.0 Å². The molecule has 0 fully saturated rings. The number of rotatable bonds is 8. The standard InChI is InChI=1S/C20H18N4O4S/c25-29(26,14-18-22-20(24-28-18)16-10-5-2-6-11-16)13-7-12-17-21-19(23-27-17)15-8-3-1-4-9-15/h1-6,8-11H,7,12-14H2. The molecule has 0 saturated carbocycles. The highest BCUT2D eigenvalue weighted by atomic mass is 32.2. The van der Waals surface area contributed by atoms with Crippen molar-refractivity contribution in [1.29, 1.82) is 0 Å². The van der Waals surface area contributed by atoms with Crippen LogP contribution >= 0.6 is 0 Å². The van der Waals surface area contributed by atoms with Gasteiger partial charge in [0.1, 0.15) is 5.75 Å². The number of benzene rings is 2. The fourth-order valence-corrected chi connectivity index (χ4v) is 4.00. The van der Waals surface area contributed by atoms with Gasteiger partial charge in [-0.2, -0.15) is 9.97 Å². The molecule has 0 saturated heterocycles. The third-order valence-corrected chi connectivity index (χ3v) is 5.79. The van der Waals surface area contributed by atoms with Gasteiger partial charge in [0.2, 0.25) is 23.4 Å². The third kappa shape index (κ3) is 4.94. The summed E-state index contributed by atoms with van der Waals surface area (Å²) in [6, 6.07) is 18.7. The van der Waals surface area contributed by atoms with Crippen LogP contribution in [-0.2, 0) is 22.0 Å². The lowest BCUT2D eigenvalue weighted by Gasteiger charge is -1.99. The van der Waals surface area contributed by atoms with Gasteiger partial charge in [-0.15, -0.1) is 0 Å². The summed E-state index contributed by atoms with van der Waals surface area (Å²) < 4.78 is 35.0. The fourth-order valence-electron chi connectivity index (χ4n) is 2.78. The van der Waals surface area contributed by atoms with Crippen molar-refractivity contribution in [3.05, 3.63) is 72.4 Å². The molecule has 0 spiro atoms. The summed E-state index contributed by atoms with van der Waals surface area (Å²) >= 11 is 0. The van der Waals surface area contributed by atoms with Crippen molar-refractivity contribution in [1.82, 2.24) is 20.3 Å². The summed E-state index contributed by atoms with van der Waals surface area (Å²) in [5.74, 6) is 1.000. The van der Waals surface area contributed by atoms with Crippen LogP contribution in [0.1, 0.15) is 18.2 Å². The van der Waals surface area contributed by atoms with E-state index in [9.17, 15) is 8.42 Å². The van der Waals surface area contributed by atoms with E-state index in [1.807, 2.05) is 60.7 Å². The van der Waals surface area contributed by atoms with E-state index in [1.165, 1.54) is 0 Å². The molecule has 2 aromatic heterocycles. The van der Waals surface area contributed by atoms with Crippen LogP contribution in [0.5, 0.6) is 0 Å². The van der Waals surface area contributed by atoms with E-state index in [1.54, 1.807) is 0 Å². The first-order valence-corrected chi connectivity index (χ1v) is 10.9. The van der Waals surface area contributed by atoms with Gasteiger partial charge < -0.3 is 9.05 Å². The molecule has 2 heterocycles. The molecule has 0 N–H and O–H groups in total. The molecule has 0 unspecified atom stereocenters. The minimum absolute atomic E-state index is 0.0426. The molecule has 29 heavy (non-hydrogen) atoms. The Labute approximate surface area is 167 Å². The van der Waals surface area contributed by atoms with Crippen LogP contribution in [0.25, 0.3) is 22.8 Å². The molecule has 0 aliphatic carbocycles. The Bertz CT molecular complexity index is 1170. The maximum Gasteiger partial charge on any atom is 0.242 e. The van der Waals surface area contributed by atoms with Crippen molar-refractivity contribution in [2.24, 2.45) is 0 Å². The monoisotopic (exact) mass is 410 g/mol. The minimum atomic E-state index is -3.41. The summed E-state index contributed by atoms with van der Waals surface area (Å²) in [6.07, 6.45) is 0.733. The summed E-state index contributed by atoms with van der Waals surface area (Å²) in [4.78, 5) is 8.48. The van der Waals surface area contributed by atoms with Crippen molar-refractivity contribution in [3.63, 3.8) is 0 Å². The second-order valence-corrected chi connectivity index (χ2v) is 8.64. The lowest BCUT2D eigenvalue weighted by Crippen LogP contribution is -2.10. The molecule has 9 heteroatoms. The number of sulfone groups is 1.